The number of ether oxygens (including phenoxy) is 1. The van der Waals surface area contributed by atoms with Crippen molar-refractivity contribution in [2.45, 2.75) is 30.5 Å². The van der Waals surface area contributed by atoms with Gasteiger partial charge in [-0.05, 0) is 5.53 Å². The lowest BCUT2D eigenvalue weighted by Gasteiger charge is -2.39. The van der Waals surface area contributed by atoms with Gasteiger partial charge < -0.3 is 25.2 Å². The second kappa shape index (κ2) is 5.26. The van der Waals surface area contributed by atoms with Crippen molar-refractivity contribution >= 4 is 0 Å². The predicted octanol–water partition coefficient (Wildman–Crippen LogP) is -1.86. The highest BCUT2D eigenvalue weighted by Gasteiger charge is 2.42. The van der Waals surface area contributed by atoms with Crippen LogP contribution < -0.4 is 0 Å². The van der Waals surface area contributed by atoms with Crippen molar-refractivity contribution in [3.63, 3.8) is 0 Å². The van der Waals surface area contributed by atoms with Crippen molar-refractivity contribution in [2.24, 2.45) is 5.11 Å². The first-order valence-electron chi connectivity index (χ1n) is 4.43. The average Bonchev–Trinajstić information content (AvgIpc) is 2.25. The summed E-state index contributed by atoms with van der Waals surface area (Å²) in [5, 5.41) is 40.2. The molecule has 0 aromatic carbocycles. The molecule has 0 aliphatic carbocycles. The predicted molar refractivity (Wildman–Crippen MR) is 47.8 cm³/mol. The zero-order valence-electron chi connectivity index (χ0n) is 7.84. The fourth-order valence-electron chi connectivity index (χ4n) is 1.45. The normalized spacial score (nSPS) is 40.9. The molecule has 1 fully saturated rings. The van der Waals surface area contributed by atoms with E-state index in [-0.39, 0.29) is 6.54 Å². The van der Waals surface area contributed by atoms with Gasteiger partial charge >= 0.3 is 0 Å². The van der Waals surface area contributed by atoms with Crippen LogP contribution in [0.5, 0.6) is 0 Å². The number of hydrogen-bond donors (Lipinski definition) is 4. The van der Waals surface area contributed by atoms with Crippen LogP contribution >= 0.6 is 0 Å². The molecule has 86 valence electrons. The van der Waals surface area contributed by atoms with Gasteiger partial charge in [0.25, 0.3) is 0 Å². The first-order chi connectivity index (χ1) is 7.11. The molecule has 1 rings (SSSR count). The van der Waals surface area contributed by atoms with Crippen molar-refractivity contribution in [2.75, 3.05) is 13.2 Å². The van der Waals surface area contributed by atoms with E-state index in [1.807, 2.05) is 0 Å². The minimum atomic E-state index is -1.42. The SMILES string of the molecule is [N-]=[N+]=NC[C@H]1O[C@H](CO)[C@H](O)[C@H](O)[C@H]1O. The molecule has 15 heavy (non-hydrogen) atoms. The molecule has 5 atom stereocenters. The number of rotatable bonds is 3. The van der Waals surface area contributed by atoms with Gasteiger partial charge in [0.2, 0.25) is 0 Å². The minimum Gasteiger partial charge on any atom is -0.394 e. The maximum absolute atomic E-state index is 9.45. The van der Waals surface area contributed by atoms with Crippen LogP contribution in [0.2, 0.25) is 0 Å². The van der Waals surface area contributed by atoms with E-state index in [1.165, 1.54) is 0 Å². The van der Waals surface area contributed by atoms with Gasteiger partial charge in [-0.2, -0.15) is 0 Å². The Balaban J connectivity index is 2.69. The molecule has 1 heterocycles. The largest absolute Gasteiger partial charge is 0.394 e. The lowest BCUT2D eigenvalue weighted by Crippen LogP contribution is -2.59. The van der Waals surface area contributed by atoms with Crippen LogP contribution in [0.1, 0.15) is 0 Å². The average molecular weight is 219 g/mol. The maximum atomic E-state index is 9.45. The summed E-state index contributed by atoms with van der Waals surface area (Å²) in [6.07, 6.45) is -6.02. The smallest absolute Gasteiger partial charge is 0.111 e. The molecule has 0 spiro atoms. The number of aliphatic hydroxyl groups is 4. The minimum absolute atomic E-state index is 0.169. The number of hydrogen-bond acceptors (Lipinski definition) is 6. The highest BCUT2D eigenvalue weighted by molar-refractivity contribution is 4.92. The standard InChI is InChI=1S/C7H13N3O5/c8-10-9-1-3-5(12)7(14)6(13)4(2-11)15-3/h3-7,11-14H,1-2H2/t3-,4-,5+,6+,7-/m1/s1. The van der Waals surface area contributed by atoms with E-state index in [9.17, 15) is 15.3 Å². The van der Waals surface area contributed by atoms with Crippen molar-refractivity contribution < 1.29 is 25.2 Å². The summed E-state index contributed by atoms with van der Waals surface area (Å²) in [7, 11) is 0. The summed E-state index contributed by atoms with van der Waals surface area (Å²) in [6.45, 7) is -0.657. The summed E-state index contributed by atoms with van der Waals surface area (Å²) < 4.78 is 5.06. The fourth-order valence-corrected chi connectivity index (χ4v) is 1.45. The zero-order chi connectivity index (χ0) is 11.4. The van der Waals surface area contributed by atoms with E-state index in [0.717, 1.165) is 0 Å². The zero-order valence-corrected chi connectivity index (χ0v) is 7.84. The summed E-state index contributed by atoms with van der Waals surface area (Å²) in [4.78, 5) is 2.49. The molecule has 0 aromatic rings. The lowest BCUT2D eigenvalue weighted by molar-refractivity contribution is -0.226. The molecule has 0 radical (unpaired) electrons. The van der Waals surface area contributed by atoms with Crippen molar-refractivity contribution in [3.05, 3.63) is 10.4 Å². The molecule has 0 bridgehead atoms. The van der Waals surface area contributed by atoms with Gasteiger partial charge in [-0.25, -0.2) is 0 Å². The molecule has 1 aliphatic rings. The summed E-state index contributed by atoms with van der Waals surface area (Å²) in [5.41, 5.74) is 8.08. The van der Waals surface area contributed by atoms with E-state index >= 15 is 0 Å². The van der Waals surface area contributed by atoms with Gasteiger partial charge in [-0.3, -0.25) is 0 Å². The first kappa shape index (κ1) is 12.2. The Morgan fingerprint density at radius 1 is 1.13 bits per heavy atom. The van der Waals surface area contributed by atoms with Crippen LogP contribution in [0, 0.1) is 0 Å². The van der Waals surface area contributed by atoms with Crippen molar-refractivity contribution in [1.29, 1.82) is 0 Å². The van der Waals surface area contributed by atoms with Crippen LogP contribution in [0.15, 0.2) is 5.11 Å². The van der Waals surface area contributed by atoms with Crippen LogP contribution in [0.4, 0.5) is 0 Å². The number of nitrogens with zero attached hydrogens (tertiary/aromatic N) is 3. The molecule has 0 amide bonds. The monoisotopic (exact) mass is 219 g/mol. The molecule has 8 nitrogen and oxygen atoms in total. The topological polar surface area (TPSA) is 139 Å². The van der Waals surface area contributed by atoms with Crippen LogP contribution in [-0.4, -0.2) is 64.1 Å². The quantitative estimate of drug-likeness (QED) is 0.250. The van der Waals surface area contributed by atoms with E-state index in [4.69, 9.17) is 15.4 Å². The first-order valence-corrected chi connectivity index (χ1v) is 4.43. The molecule has 0 saturated carbocycles. The second-order valence-corrected chi connectivity index (χ2v) is 3.28. The summed E-state index contributed by atoms with van der Waals surface area (Å²) in [5.74, 6) is 0. The number of aliphatic hydroxyl groups excluding tert-OH is 4. The van der Waals surface area contributed by atoms with Crippen LogP contribution in [0.3, 0.4) is 0 Å². The third-order valence-corrected chi connectivity index (χ3v) is 2.32. The highest BCUT2D eigenvalue weighted by Crippen LogP contribution is 2.21. The second-order valence-electron chi connectivity index (χ2n) is 3.28. The van der Waals surface area contributed by atoms with E-state index in [2.05, 4.69) is 10.0 Å². The Morgan fingerprint density at radius 3 is 2.27 bits per heavy atom. The Hall–Kier alpha value is -0.890. The Morgan fingerprint density at radius 2 is 1.73 bits per heavy atom. The molecule has 0 aromatic heterocycles. The number of azide groups is 1. The summed E-state index contributed by atoms with van der Waals surface area (Å²) >= 11 is 0. The van der Waals surface area contributed by atoms with E-state index in [1.54, 1.807) is 0 Å². The third-order valence-electron chi connectivity index (χ3n) is 2.32. The summed E-state index contributed by atoms with van der Waals surface area (Å²) in [6, 6.07) is 0. The van der Waals surface area contributed by atoms with Gasteiger partial charge in [0.1, 0.15) is 24.4 Å². The molecule has 1 saturated heterocycles. The van der Waals surface area contributed by atoms with Gasteiger partial charge in [0, 0.05) is 4.91 Å². The molecule has 8 heteroatoms. The van der Waals surface area contributed by atoms with Crippen molar-refractivity contribution in [3.8, 4) is 0 Å². The highest BCUT2D eigenvalue weighted by atomic mass is 16.5. The van der Waals surface area contributed by atoms with E-state index < -0.39 is 37.1 Å². The molecule has 0 unspecified atom stereocenters. The molecular weight excluding hydrogens is 206 g/mol. The molecule has 1 aliphatic heterocycles. The fraction of sp³-hybridized carbons (Fsp3) is 1.00. The molecule has 4 N–H and O–H groups in total. The third kappa shape index (κ3) is 2.57. The van der Waals surface area contributed by atoms with Crippen molar-refractivity contribution in [1.82, 2.24) is 0 Å². The Kier molecular flexibility index (Phi) is 4.28. The van der Waals surface area contributed by atoms with Crippen LogP contribution in [-0.2, 0) is 4.74 Å². The van der Waals surface area contributed by atoms with Crippen LogP contribution in [0.25, 0.3) is 10.4 Å². The van der Waals surface area contributed by atoms with Gasteiger partial charge in [0.05, 0.1) is 19.3 Å². The maximum Gasteiger partial charge on any atom is 0.111 e. The Bertz CT molecular complexity index is 255. The van der Waals surface area contributed by atoms with E-state index in [0.29, 0.717) is 0 Å². The Labute approximate surface area is 85.3 Å². The van der Waals surface area contributed by atoms with Gasteiger partial charge in [0.15, 0.2) is 0 Å². The molecular formula is C7H13N3O5. The van der Waals surface area contributed by atoms with Gasteiger partial charge in [-0.1, -0.05) is 5.11 Å². The lowest BCUT2D eigenvalue weighted by atomic mass is 9.95. The van der Waals surface area contributed by atoms with Gasteiger partial charge in [-0.15, -0.1) is 0 Å².